The maximum atomic E-state index is 13.9. The Hall–Kier alpha value is -6.44. The predicted octanol–water partition coefficient (Wildman–Crippen LogP) is 10.3. The number of rotatable bonds is 18. The van der Waals surface area contributed by atoms with Crippen LogP contribution in [-0.2, 0) is 45.0 Å². The molecule has 10 heterocycles. The van der Waals surface area contributed by atoms with Crippen LogP contribution < -0.4 is 29.1 Å². The molecular weight excluding hydrogens is 1380 g/mol. The van der Waals surface area contributed by atoms with Crippen molar-refractivity contribution in [2.45, 2.75) is 109 Å². The number of hydrogen-bond acceptors (Lipinski definition) is 16. The Morgan fingerprint density at radius 3 is 1.49 bits per heavy atom. The zero-order chi connectivity index (χ0) is 64.7. The minimum atomic E-state index is -1.60. The summed E-state index contributed by atoms with van der Waals surface area (Å²) in [7, 11) is 0. The lowest BCUT2D eigenvalue weighted by Gasteiger charge is -2.41. The van der Waals surface area contributed by atoms with Gasteiger partial charge in [0.1, 0.15) is 17.7 Å². The number of likely N-dealkylation sites (tertiary alicyclic amines) is 2. The molecule has 0 aliphatic carbocycles. The number of carbonyl (C=O) groups excluding carboxylic acids is 1. The van der Waals surface area contributed by atoms with Gasteiger partial charge in [-0.05, 0) is 99.2 Å². The highest BCUT2D eigenvalue weighted by Crippen LogP contribution is 2.39. The molecule has 0 radical (unpaired) electrons. The van der Waals surface area contributed by atoms with Crippen molar-refractivity contribution in [1.29, 1.82) is 0 Å². The van der Waals surface area contributed by atoms with Crippen LogP contribution in [0.2, 0.25) is 0 Å². The van der Waals surface area contributed by atoms with E-state index >= 15 is 0 Å². The summed E-state index contributed by atoms with van der Waals surface area (Å²) in [6, 6.07) is 27.4. The number of benzene rings is 4. The standard InChI is InChI=1S/C35H40FN7O3.C33H40N6O2.C3H3FO2.6H2S/c1-23-7-4-8-25-9-5-10-31(32(23)25)41-13-11-29-30(21-41)38-35(45-16-6-12-40-20-28-17-26(40)22-46-28)39-33(29)42-14-15-43(34(44)24(2)36)27(19-42)18-37-3;1-23-7-3-9-25-10-4-11-30(31(23)25)38-15-12-28-29(21-38)35-33(36-32(28)39-13-5-8-24(19-39)18-34-2)40-16-6-14-37-20-27-17-26(37)22-41-27;1-2(4)3(5)6;;;;;;/h4-5,7-10,26-28H,2,6,11-22H2,1H3;3-4,7,9-11,24,26-27H,5-6,8,12-22H2,1H3;1H2,(H,5,6);6*1H2/t26-,27-,28-;24-,26-,27-;;;;;;;/m00......./s1. The van der Waals surface area contributed by atoms with Crippen LogP contribution in [0.25, 0.3) is 31.2 Å². The second-order valence-corrected chi connectivity index (χ2v) is 25.7. The molecular formula is C71H95F2N13O7S6. The number of fused-ring (bicyclic) bond motifs is 8. The highest BCUT2D eigenvalue weighted by atomic mass is 32.1. The number of carboxylic acid groups (broad SMARTS) is 1. The van der Waals surface area contributed by atoms with Crippen molar-refractivity contribution in [3.8, 4) is 12.0 Å². The first-order chi connectivity index (χ1) is 45.2. The van der Waals surface area contributed by atoms with Crippen LogP contribution in [0.1, 0.15) is 72.2 Å². The van der Waals surface area contributed by atoms with Crippen LogP contribution in [0, 0.1) is 32.9 Å². The number of nitrogens with zero attached hydrogens (tertiary/aromatic N) is 13. The molecule has 536 valence electrons. The highest BCUT2D eigenvalue weighted by Gasteiger charge is 2.41. The SMILES string of the molecule is C=C(F)C(=O)O.S.S.S.S.S.S.[C-]#[N+]C[C@@H]1CCCN(c2nc(OCCCN3C[C@@H]4C[C@H]3CO4)nc3c2CCN(c2cccc4cccc(C)c24)C3)C1.[C-]#[N+]C[C@H]1CN(c2nc(OCCCN3C[C@@H]4C[C@H]3CO4)nc3c2CCN(c2cccc4cccc(C)c24)C3)CCN1C(=O)C(=C)F. The lowest BCUT2D eigenvalue weighted by atomic mass is 9.96. The van der Waals surface area contributed by atoms with Crippen molar-refractivity contribution in [1.82, 2.24) is 34.6 Å². The van der Waals surface area contributed by atoms with Crippen LogP contribution >= 0.6 is 81.0 Å². The van der Waals surface area contributed by atoms with Gasteiger partial charge in [0.15, 0.2) is 5.83 Å². The summed E-state index contributed by atoms with van der Waals surface area (Å²) in [5.74, 6) is -2.47. The zero-order valence-electron chi connectivity index (χ0n) is 56.4. The normalized spacial score (nSPS) is 20.9. The van der Waals surface area contributed by atoms with Crippen molar-refractivity contribution in [3.05, 3.63) is 154 Å². The van der Waals surface area contributed by atoms with Gasteiger partial charge in [-0.25, -0.2) is 22.3 Å². The quantitative estimate of drug-likeness (QED) is 0.0488. The average molecular weight is 1470 g/mol. The second-order valence-electron chi connectivity index (χ2n) is 25.7. The fourth-order valence-electron chi connectivity index (χ4n) is 15.0. The van der Waals surface area contributed by atoms with Crippen molar-refractivity contribution in [3.63, 3.8) is 0 Å². The van der Waals surface area contributed by atoms with E-state index in [1.807, 2.05) is 0 Å². The van der Waals surface area contributed by atoms with E-state index in [-0.39, 0.29) is 94.1 Å². The van der Waals surface area contributed by atoms with Gasteiger partial charge in [0, 0.05) is 123 Å². The smallest absolute Gasteiger partial charge is 0.364 e. The van der Waals surface area contributed by atoms with E-state index in [4.69, 9.17) is 57.1 Å². The fraction of sp³-hybridized carbons (Fsp3) is 0.493. The third kappa shape index (κ3) is 19.0. The van der Waals surface area contributed by atoms with E-state index in [0.717, 1.165) is 146 Å². The number of carboxylic acids is 1. The van der Waals surface area contributed by atoms with Gasteiger partial charge in [-0.1, -0.05) is 73.8 Å². The third-order valence-electron chi connectivity index (χ3n) is 19.6. The lowest BCUT2D eigenvalue weighted by molar-refractivity contribution is -0.134. The molecule has 6 atom stereocenters. The average Bonchev–Trinajstić information content (AvgIpc) is 1.71. The van der Waals surface area contributed by atoms with E-state index in [9.17, 15) is 18.4 Å². The molecule has 6 fully saturated rings. The molecule has 28 heteroatoms. The maximum Gasteiger partial charge on any atom is 0.364 e. The molecule has 20 nitrogen and oxygen atoms in total. The lowest BCUT2D eigenvalue weighted by Crippen LogP contribution is -2.57. The molecule has 8 aliphatic heterocycles. The van der Waals surface area contributed by atoms with Crippen molar-refractivity contribution in [2.24, 2.45) is 5.92 Å². The molecule has 1 amide bonds. The largest absolute Gasteiger partial charge is 0.476 e. The number of carbonyl (C=O) groups is 2. The topological polar surface area (TPSA) is 174 Å². The summed E-state index contributed by atoms with van der Waals surface area (Å²) in [5.41, 5.74) is 9.29. The Labute approximate surface area is 622 Å². The molecule has 8 aliphatic rings. The Balaban J connectivity index is 0.000000274. The van der Waals surface area contributed by atoms with E-state index in [2.05, 4.69) is 139 Å². The minimum absolute atomic E-state index is 0. The van der Waals surface area contributed by atoms with Crippen LogP contribution in [-0.4, -0.2) is 193 Å². The van der Waals surface area contributed by atoms with Gasteiger partial charge in [-0.3, -0.25) is 14.6 Å². The summed E-state index contributed by atoms with van der Waals surface area (Å²) in [6.45, 7) is 38.5. The van der Waals surface area contributed by atoms with Crippen LogP contribution in [0.5, 0.6) is 12.0 Å². The van der Waals surface area contributed by atoms with Crippen LogP contribution in [0.3, 0.4) is 0 Å². The van der Waals surface area contributed by atoms with Gasteiger partial charge < -0.3 is 58.2 Å². The summed E-state index contributed by atoms with van der Waals surface area (Å²) in [5, 5.41) is 12.6. The molecule has 4 bridgehead atoms. The van der Waals surface area contributed by atoms with Gasteiger partial charge in [0.25, 0.3) is 5.91 Å². The van der Waals surface area contributed by atoms with E-state index in [1.54, 1.807) is 0 Å². The molecule has 1 N–H and O–H groups in total. The molecule has 6 saturated heterocycles. The van der Waals surface area contributed by atoms with Gasteiger partial charge in [-0.15, -0.1) is 0 Å². The fourth-order valence-corrected chi connectivity index (χ4v) is 15.0. The first-order valence-corrected chi connectivity index (χ1v) is 32.8. The summed E-state index contributed by atoms with van der Waals surface area (Å²) < 4.78 is 48.9. The van der Waals surface area contributed by atoms with Crippen LogP contribution in [0.15, 0.2) is 97.6 Å². The predicted molar refractivity (Wildman–Crippen MR) is 417 cm³/mol. The number of hydrogen-bond donors (Lipinski definition) is 1. The number of anilines is 4. The van der Waals surface area contributed by atoms with E-state index in [1.165, 1.54) is 60.9 Å². The van der Waals surface area contributed by atoms with Crippen molar-refractivity contribution < 1.29 is 42.4 Å². The molecule has 0 unspecified atom stereocenters. The first-order valence-electron chi connectivity index (χ1n) is 32.8. The van der Waals surface area contributed by atoms with Gasteiger partial charge in [0.05, 0.1) is 63.1 Å². The number of aryl methyl sites for hydroxylation is 2. The molecule has 0 saturated carbocycles. The van der Waals surface area contributed by atoms with Crippen LogP contribution in [0.4, 0.5) is 31.8 Å². The zero-order valence-corrected chi connectivity index (χ0v) is 62.4. The number of piperazine rings is 1. The Morgan fingerprint density at radius 2 is 1.07 bits per heavy atom. The number of halogens is 2. The van der Waals surface area contributed by atoms with Gasteiger partial charge in [0.2, 0.25) is 18.9 Å². The number of aromatic nitrogens is 4. The number of ether oxygens (including phenoxy) is 4. The molecule has 14 rings (SSSR count). The Morgan fingerprint density at radius 1 is 0.606 bits per heavy atom. The highest BCUT2D eigenvalue weighted by molar-refractivity contribution is 7.60. The minimum Gasteiger partial charge on any atom is -0.476 e. The van der Waals surface area contributed by atoms with E-state index < -0.39 is 29.6 Å². The monoisotopic (exact) mass is 1470 g/mol. The number of aliphatic carboxylic acids is 1. The Kier molecular flexibility index (Phi) is 30.9. The molecule has 99 heavy (non-hydrogen) atoms. The third-order valence-corrected chi connectivity index (χ3v) is 19.6. The van der Waals surface area contributed by atoms with Crippen molar-refractivity contribution in [2.75, 3.05) is 131 Å². The second kappa shape index (κ2) is 37.5. The number of morpholine rings is 2. The summed E-state index contributed by atoms with van der Waals surface area (Å²) in [6.07, 6.45) is 8.77. The van der Waals surface area contributed by atoms with Gasteiger partial charge in [-0.2, -0.15) is 105 Å². The Bertz CT molecular complexity index is 3850. The summed E-state index contributed by atoms with van der Waals surface area (Å²) >= 11 is 0. The maximum absolute atomic E-state index is 13.9. The van der Waals surface area contributed by atoms with Gasteiger partial charge >= 0.3 is 18.0 Å². The summed E-state index contributed by atoms with van der Waals surface area (Å²) in [4.78, 5) is 64.9. The number of amides is 1. The van der Waals surface area contributed by atoms with Crippen molar-refractivity contribution >= 4 is 137 Å². The van der Waals surface area contributed by atoms with E-state index in [0.29, 0.717) is 81.6 Å². The number of piperidine rings is 1. The molecule has 2 aromatic heterocycles. The molecule has 0 spiro atoms. The molecule has 4 aromatic carbocycles. The molecule has 6 aromatic rings. The first kappa shape index (κ1) is 81.5.